The third kappa shape index (κ3) is 3.87. The molecule has 0 bridgehead atoms. The molecule has 1 aliphatic heterocycles. The van der Waals surface area contributed by atoms with Gasteiger partial charge in [-0.15, -0.1) is 0 Å². The summed E-state index contributed by atoms with van der Waals surface area (Å²) in [4.78, 5) is 13.3. The Kier molecular flexibility index (Phi) is 5.26. The van der Waals surface area contributed by atoms with Crippen molar-refractivity contribution in [2.75, 3.05) is 25.0 Å². The molecule has 4 nitrogen and oxygen atoms in total. The zero-order valence-electron chi connectivity index (χ0n) is 11.7. The third-order valence-corrected chi connectivity index (χ3v) is 4.02. The van der Waals surface area contributed by atoms with E-state index in [-0.39, 0.29) is 5.56 Å². The molecule has 110 valence electrons. The molecule has 5 heteroatoms. The largest absolute Gasteiger partial charge is 0.478 e. The van der Waals surface area contributed by atoms with Gasteiger partial charge in [0.2, 0.25) is 0 Å². The van der Waals surface area contributed by atoms with Gasteiger partial charge in [0.05, 0.1) is 16.3 Å². The number of likely N-dealkylation sites (tertiary alicyclic amines) is 1. The second-order valence-electron chi connectivity index (χ2n) is 5.26. The Bertz CT molecular complexity index is 471. The number of hydrogen-bond acceptors (Lipinski definition) is 3. The van der Waals surface area contributed by atoms with Crippen LogP contribution in [-0.2, 0) is 0 Å². The van der Waals surface area contributed by atoms with Gasteiger partial charge in [0.15, 0.2) is 0 Å². The van der Waals surface area contributed by atoms with Crippen LogP contribution in [0.5, 0.6) is 0 Å². The van der Waals surface area contributed by atoms with E-state index >= 15 is 0 Å². The van der Waals surface area contributed by atoms with E-state index in [1.165, 1.54) is 19.0 Å². The van der Waals surface area contributed by atoms with E-state index in [0.29, 0.717) is 11.1 Å². The molecule has 0 aromatic heterocycles. The third-order valence-electron chi connectivity index (χ3n) is 3.70. The van der Waals surface area contributed by atoms with Gasteiger partial charge in [0, 0.05) is 19.1 Å². The molecule has 0 aliphatic carbocycles. The second-order valence-corrected chi connectivity index (χ2v) is 5.67. The zero-order valence-corrected chi connectivity index (χ0v) is 12.5. The predicted molar refractivity (Wildman–Crippen MR) is 81.8 cm³/mol. The molecule has 1 saturated heterocycles. The van der Waals surface area contributed by atoms with Crippen LogP contribution < -0.4 is 5.32 Å². The highest BCUT2D eigenvalue weighted by molar-refractivity contribution is 6.33. The number of nitrogens with one attached hydrogen (secondary N) is 1. The van der Waals surface area contributed by atoms with Crippen molar-refractivity contribution >= 4 is 23.3 Å². The summed E-state index contributed by atoms with van der Waals surface area (Å²) in [6, 6.07) is 5.25. The van der Waals surface area contributed by atoms with Crippen LogP contribution >= 0.6 is 11.6 Å². The summed E-state index contributed by atoms with van der Waals surface area (Å²) in [5.74, 6) is -0.952. The number of benzene rings is 1. The van der Waals surface area contributed by atoms with Crippen LogP contribution in [0.4, 0.5) is 5.69 Å². The fraction of sp³-hybridized carbons (Fsp3) is 0.533. The van der Waals surface area contributed by atoms with E-state index in [1.54, 1.807) is 12.1 Å². The van der Waals surface area contributed by atoms with Crippen LogP contribution in [0, 0.1) is 0 Å². The van der Waals surface area contributed by atoms with Crippen LogP contribution in [0.1, 0.15) is 36.5 Å². The van der Waals surface area contributed by atoms with Crippen molar-refractivity contribution in [3.05, 3.63) is 28.8 Å². The average molecular weight is 297 g/mol. The minimum Gasteiger partial charge on any atom is -0.478 e. The fourth-order valence-corrected chi connectivity index (χ4v) is 2.84. The Labute approximate surface area is 124 Å². The maximum atomic E-state index is 10.9. The Balaban J connectivity index is 1.93. The van der Waals surface area contributed by atoms with Crippen LogP contribution in [0.25, 0.3) is 0 Å². The lowest BCUT2D eigenvalue weighted by molar-refractivity contribution is 0.0697. The SMILES string of the molecule is CCCN1CCC(Nc2ccc(C(=O)O)cc2Cl)CC1. The Morgan fingerprint density at radius 3 is 2.70 bits per heavy atom. The summed E-state index contributed by atoms with van der Waals surface area (Å²) in [5.41, 5.74) is 1.05. The molecule has 20 heavy (non-hydrogen) atoms. The molecule has 1 heterocycles. The summed E-state index contributed by atoms with van der Waals surface area (Å²) in [6.07, 6.45) is 3.38. The van der Waals surface area contributed by atoms with Gasteiger partial charge in [0.25, 0.3) is 0 Å². The first kappa shape index (κ1) is 15.1. The Morgan fingerprint density at radius 2 is 2.15 bits per heavy atom. The van der Waals surface area contributed by atoms with Gasteiger partial charge in [-0.2, -0.15) is 0 Å². The molecular weight excluding hydrogens is 276 g/mol. The van der Waals surface area contributed by atoms with Crippen molar-refractivity contribution in [1.29, 1.82) is 0 Å². The molecule has 2 rings (SSSR count). The minimum atomic E-state index is -0.952. The quantitative estimate of drug-likeness (QED) is 0.875. The first-order valence-corrected chi connectivity index (χ1v) is 7.49. The predicted octanol–water partition coefficient (Wildman–Crippen LogP) is 3.32. The molecule has 1 aromatic rings. The highest BCUT2D eigenvalue weighted by atomic mass is 35.5. The number of nitrogens with zero attached hydrogens (tertiary/aromatic N) is 1. The molecule has 1 fully saturated rings. The molecule has 0 radical (unpaired) electrons. The van der Waals surface area contributed by atoms with E-state index in [1.807, 2.05) is 0 Å². The van der Waals surface area contributed by atoms with Crippen molar-refractivity contribution in [1.82, 2.24) is 4.90 Å². The molecule has 0 amide bonds. The van der Waals surface area contributed by atoms with E-state index in [9.17, 15) is 4.79 Å². The van der Waals surface area contributed by atoms with Crippen molar-refractivity contribution in [3.63, 3.8) is 0 Å². The fourth-order valence-electron chi connectivity index (χ4n) is 2.60. The van der Waals surface area contributed by atoms with Crippen molar-refractivity contribution < 1.29 is 9.90 Å². The highest BCUT2D eigenvalue weighted by Crippen LogP contribution is 2.25. The van der Waals surface area contributed by atoms with Crippen molar-refractivity contribution in [2.24, 2.45) is 0 Å². The molecule has 0 unspecified atom stereocenters. The Hall–Kier alpha value is -1.26. The number of hydrogen-bond donors (Lipinski definition) is 2. The number of carboxylic acids is 1. The van der Waals surface area contributed by atoms with Crippen LogP contribution in [-0.4, -0.2) is 41.7 Å². The van der Waals surface area contributed by atoms with E-state index in [2.05, 4.69) is 17.1 Å². The molecule has 0 atom stereocenters. The smallest absolute Gasteiger partial charge is 0.335 e. The number of piperidine rings is 1. The number of carbonyl (C=O) groups is 1. The lowest BCUT2D eigenvalue weighted by atomic mass is 10.0. The topological polar surface area (TPSA) is 52.6 Å². The average Bonchev–Trinajstić information content (AvgIpc) is 2.43. The van der Waals surface area contributed by atoms with Gasteiger partial charge in [-0.05, 0) is 44.0 Å². The summed E-state index contributed by atoms with van der Waals surface area (Å²) in [7, 11) is 0. The lowest BCUT2D eigenvalue weighted by Gasteiger charge is -2.32. The van der Waals surface area contributed by atoms with E-state index in [4.69, 9.17) is 16.7 Å². The van der Waals surface area contributed by atoms with Gasteiger partial charge in [-0.25, -0.2) is 4.79 Å². The summed E-state index contributed by atoms with van der Waals surface area (Å²) < 4.78 is 0. The summed E-state index contributed by atoms with van der Waals surface area (Å²) in [6.45, 7) is 5.58. The molecule has 1 aromatic carbocycles. The first-order chi connectivity index (χ1) is 9.60. The molecular formula is C15H21ClN2O2. The normalized spacial score (nSPS) is 17.1. The number of carboxylic acid groups (broad SMARTS) is 1. The number of anilines is 1. The van der Waals surface area contributed by atoms with Gasteiger partial charge in [-0.3, -0.25) is 0 Å². The molecule has 0 saturated carbocycles. The second kappa shape index (κ2) is 6.95. The standard InChI is InChI=1S/C15H21ClN2O2/c1-2-7-18-8-5-12(6-9-18)17-14-4-3-11(15(19)20)10-13(14)16/h3-4,10,12,17H,2,5-9H2,1H3,(H,19,20). The zero-order chi connectivity index (χ0) is 14.5. The van der Waals surface area contributed by atoms with Crippen LogP contribution in [0.15, 0.2) is 18.2 Å². The summed E-state index contributed by atoms with van der Waals surface area (Å²) >= 11 is 6.13. The van der Waals surface area contributed by atoms with Crippen molar-refractivity contribution in [3.8, 4) is 0 Å². The monoisotopic (exact) mass is 296 g/mol. The number of aromatic carboxylic acids is 1. The minimum absolute atomic E-state index is 0.221. The number of halogens is 1. The first-order valence-electron chi connectivity index (χ1n) is 7.12. The molecule has 1 aliphatic rings. The number of rotatable bonds is 5. The molecule has 0 spiro atoms. The van der Waals surface area contributed by atoms with Crippen LogP contribution in [0.2, 0.25) is 5.02 Å². The lowest BCUT2D eigenvalue weighted by Crippen LogP contribution is -2.39. The van der Waals surface area contributed by atoms with Crippen LogP contribution in [0.3, 0.4) is 0 Å². The maximum Gasteiger partial charge on any atom is 0.335 e. The highest BCUT2D eigenvalue weighted by Gasteiger charge is 2.19. The maximum absolute atomic E-state index is 10.9. The van der Waals surface area contributed by atoms with Gasteiger partial charge < -0.3 is 15.3 Å². The molecule has 2 N–H and O–H groups in total. The van der Waals surface area contributed by atoms with Gasteiger partial charge in [0.1, 0.15) is 0 Å². The van der Waals surface area contributed by atoms with Crippen molar-refractivity contribution in [2.45, 2.75) is 32.2 Å². The summed E-state index contributed by atoms with van der Waals surface area (Å²) in [5, 5.41) is 12.8. The Morgan fingerprint density at radius 1 is 1.45 bits per heavy atom. The van der Waals surface area contributed by atoms with Gasteiger partial charge in [-0.1, -0.05) is 18.5 Å². The van der Waals surface area contributed by atoms with E-state index in [0.717, 1.165) is 31.6 Å². The van der Waals surface area contributed by atoms with Gasteiger partial charge >= 0.3 is 5.97 Å². The van der Waals surface area contributed by atoms with E-state index < -0.39 is 5.97 Å².